The molecule has 32 heavy (non-hydrogen) atoms. The van der Waals surface area contributed by atoms with Gasteiger partial charge in [0.2, 0.25) is 5.89 Å². The van der Waals surface area contributed by atoms with Crippen LogP contribution in [-0.4, -0.2) is 4.98 Å². The van der Waals surface area contributed by atoms with E-state index in [4.69, 9.17) is 9.40 Å². The molecule has 0 spiro atoms. The Morgan fingerprint density at radius 3 is 1.91 bits per heavy atom. The van der Waals surface area contributed by atoms with Crippen LogP contribution in [0.2, 0.25) is 0 Å². The van der Waals surface area contributed by atoms with Crippen molar-refractivity contribution in [2.24, 2.45) is 0 Å². The molecule has 0 unspecified atom stereocenters. The van der Waals surface area contributed by atoms with Crippen molar-refractivity contribution in [3.63, 3.8) is 0 Å². The number of rotatable bonds is 5. The summed E-state index contributed by atoms with van der Waals surface area (Å²) < 4.78 is 21.0. The second-order valence-corrected chi connectivity index (χ2v) is 11.0. The standard InChI is InChI=1S/C28H24NO2P/c1-20(2)21-17-22(28-29-26-15-9-10-16-27(26)31-28)19-25(18-21)32(30,23-11-5-3-6-12-23)24-13-7-4-8-14-24/h3-20H,1-2H3. The fourth-order valence-corrected chi connectivity index (χ4v) is 6.72. The van der Waals surface area contributed by atoms with Gasteiger partial charge in [0.05, 0.1) is 0 Å². The topological polar surface area (TPSA) is 43.1 Å². The van der Waals surface area contributed by atoms with Gasteiger partial charge in [0.15, 0.2) is 12.7 Å². The van der Waals surface area contributed by atoms with Crippen molar-refractivity contribution >= 4 is 34.2 Å². The van der Waals surface area contributed by atoms with E-state index in [-0.39, 0.29) is 5.92 Å². The summed E-state index contributed by atoms with van der Waals surface area (Å²) >= 11 is 0. The highest BCUT2D eigenvalue weighted by Gasteiger charge is 2.31. The van der Waals surface area contributed by atoms with Crippen LogP contribution >= 0.6 is 7.14 Å². The molecule has 0 bridgehead atoms. The number of hydrogen-bond donors (Lipinski definition) is 0. The molecule has 0 atom stereocenters. The fourth-order valence-electron chi connectivity index (χ4n) is 3.99. The average Bonchev–Trinajstić information content (AvgIpc) is 3.29. The molecule has 1 heterocycles. The van der Waals surface area contributed by atoms with Crippen LogP contribution in [0.5, 0.6) is 0 Å². The van der Waals surface area contributed by atoms with E-state index in [1.165, 1.54) is 0 Å². The molecule has 1 aromatic heterocycles. The minimum atomic E-state index is -3.09. The molecule has 0 saturated heterocycles. The number of hydrogen-bond acceptors (Lipinski definition) is 3. The second kappa shape index (κ2) is 8.26. The molecule has 0 fully saturated rings. The van der Waals surface area contributed by atoms with E-state index in [0.29, 0.717) is 5.89 Å². The van der Waals surface area contributed by atoms with Crippen LogP contribution in [0.3, 0.4) is 0 Å². The Morgan fingerprint density at radius 1 is 0.719 bits per heavy atom. The highest BCUT2D eigenvalue weighted by molar-refractivity contribution is 7.85. The third-order valence-electron chi connectivity index (χ3n) is 5.75. The zero-order chi connectivity index (χ0) is 22.1. The van der Waals surface area contributed by atoms with Crippen LogP contribution in [0, 0.1) is 0 Å². The summed E-state index contributed by atoms with van der Waals surface area (Å²) in [6.07, 6.45) is 0. The Labute approximate surface area is 188 Å². The van der Waals surface area contributed by atoms with Gasteiger partial charge in [0.25, 0.3) is 0 Å². The molecule has 0 N–H and O–H groups in total. The second-order valence-electron chi connectivity index (χ2n) is 8.24. The molecule has 5 aromatic rings. The SMILES string of the molecule is CC(C)c1cc(-c2nc3ccccc3o2)cc(P(=O)(c2ccccc2)c2ccccc2)c1. The summed E-state index contributed by atoms with van der Waals surface area (Å²) in [4.78, 5) is 4.70. The van der Waals surface area contributed by atoms with E-state index < -0.39 is 7.14 Å². The number of fused-ring (bicyclic) bond motifs is 1. The highest BCUT2D eigenvalue weighted by atomic mass is 31.2. The first-order chi connectivity index (χ1) is 15.6. The first-order valence-corrected chi connectivity index (χ1v) is 12.5. The van der Waals surface area contributed by atoms with E-state index >= 15 is 0 Å². The molecule has 0 radical (unpaired) electrons. The van der Waals surface area contributed by atoms with Gasteiger partial charge in [0, 0.05) is 21.5 Å². The van der Waals surface area contributed by atoms with Gasteiger partial charge >= 0.3 is 0 Å². The van der Waals surface area contributed by atoms with E-state index in [9.17, 15) is 4.57 Å². The Morgan fingerprint density at radius 2 is 1.31 bits per heavy atom. The Bertz CT molecular complexity index is 1350. The molecule has 4 aromatic carbocycles. The lowest BCUT2D eigenvalue weighted by atomic mass is 10.0. The molecule has 0 amide bonds. The predicted octanol–water partition coefficient (Wildman–Crippen LogP) is 6.26. The summed E-state index contributed by atoms with van der Waals surface area (Å²) in [5, 5.41) is 2.42. The van der Waals surface area contributed by atoms with Crippen LogP contribution in [0.1, 0.15) is 25.3 Å². The van der Waals surface area contributed by atoms with Gasteiger partial charge in [-0.25, -0.2) is 4.98 Å². The Balaban J connectivity index is 1.78. The monoisotopic (exact) mass is 437 g/mol. The minimum absolute atomic E-state index is 0.262. The van der Waals surface area contributed by atoms with Crippen molar-refractivity contribution in [2.45, 2.75) is 19.8 Å². The zero-order valence-electron chi connectivity index (χ0n) is 18.1. The van der Waals surface area contributed by atoms with Crippen molar-refractivity contribution < 1.29 is 8.98 Å². The Kier molecular flexibility index (Phi) is 5.28. The molecular weight excluding hydrogens is 413 g/mol. The van der Waals surface area contributed by atoms with E-state index in [2.05, 4.69) is 26.0 Å². The van der Waals surface area contributed by atoms with E-state index in [1.807, 2.05) is 91.0 Å². The van der Waals surface area contributed by atoms with Crippen LogP contribution in [0.25, 0.3) is 22.6 Å². The van der Waals surface area contributed by atoms with E-state index in [0.717, 1.165) is 38.1 Å². The number of nitrogens with zero attached hydrogens (tertiary/aromatic N) is 1. The lowest BCUT2D eigenvalue weighted by Crippen LogP contribution is -2.25. The summed E-state index contributed by atoms with van der Waals surface area (Å²) in [7, 11) is -3.09. The maximum atomic E-state index is 14.9. The molecule has 158 valence electrons. The first-order valence-electron chi connectivity index (χ1n) is 10.8. The summed E-state index contributed by atoms with van der Waals surface area (Å²) in [6.45, 7) is 4.29. The summed E-state index contributed by atoms with van der Waals surface area (Å²) in [6, 6.07) is 33.4. The van der Waals surface area contributed by atoms with Crippen molar-refractivity contribution in [3.8, 4) is 11.5 Å². The Hall–Kier alpha value is -3.42. The van der Waals surface area contributed by atoms with Crippen molar-refractivity contribution in [1.82, 2.24) is 4.98 Å². The smallest absolute Gasteiger partial charge is 0.227 e. The summed E-state index contributed by atoms with van der Waals surface area (Å²) in [5.74, 6) is 0.806. The highest BCUT2D eigenvalue weighted by Crippen LogP contribution is 2.44. The molecule has 5 rings (SSSR count). The van der Waals surface area contributed by atoms with Crippen LogP contribution < -0.4 is 15.9 Å². The van der Waals surface area contributed by atoms with Crippen LogP contribution in [0.15, 0.2) is 108 Å². The minimum Gasteiger partial charge on any atom is -0.436 e. The molecular formula is C28H24NO2P. The van der Waals surface area contributed by atoms with Crippen molar-refractivity contribution in [3.05, 3.63) is 109 Å². The normalized spacial score (nSPS) is 11.8. The van der Waals surface area contributed by atoms with Crippen molar-refractivity contribution in [2.75, 3.05) is 0 Å². The van der Waals surface area contributed by atoms with E-state index in [1.54, 1.807) is 0 Å². The molecule has 4 heteroatoms. The molecule has 0 aliphatic rings. The third-order valence-corrected chi connectivity index (χ3v) is 8.79. The first kappa shape index (κ1) is 20.5. The van der Waals surface area contributed by atoms with Gasteiger partial charge in [-0.15, -0.1) is 0 Å². The number of para-hydroxylation sites is 2. The van der Waals surface area contributed by atoms with Gasteiger partial charge in [-0.2, -0.15) is 0 Å². The van der Waals surface area contributed by atoms with Gasteiger partial charge in [-0.05, 0) is 41.8 Å². The number of benzene rings is 4. The average molecular weight is 437 g/mol. The molecule has 0 aliphatic carbocycles. The van der Waals surface area contributed by atoms with Gasteiger partial charge in [0.1, 0.15) is 5.52 Å². The lowest BCUT2D eigenvalue weighted by Gasteiger charge is -2.22. The summed E-state index contributed by atoms with van der Waals surface area (Å²) in [5.41, 5.74) is 3.50. The molecule has 3 nitrogen and oxygen atoms in total. The number of oxazole rings is 1. The van der Waals surface area contributed by atoms with Gasteiger partial charge < -0.3 is 8.98 Å². The number of aromatic nitrogens is 1. The van der Waals surface area contributed by atoms with Crippen molar-refractivity contribution in [1.29, 1.82) is 0 Å². The predicted molar refractivity (Wildman–Crippen MR) is 133 cm³/mol. The maximum Gasteiger partial charge on any atom is 0.227 e. The quantitative estimate of drug-likeness (QED) is 0.305. The fraction of sp³-hybridized carbons (Fsp3) is 0.107. The largest absolute Gasteiger partial charge is 0.436 e. The molecule has 0 saturated carbocycles. The van der Waals surface area contributed by atoms with Crippen LogP contribution in [0.4, 0.5) is 0 Å². The van der Waals surface area contributed by atoms with Gasteiger partial charge in [-0.3, -0.25) is 0 Å². The lowest BCUT2D eigenvalue weighted by molar-refractivity contribution is 0.592. The van der Waals surface area contributed by atoms with Crippen LogP contribution in [-0.2, 0) is 4.57 Å². The van der Waals surface area contributed by atoms with Gasteiger partial charge in [-0.1, -0.05) is 86.6 Å². The zero-order valence-corrected chi connectivity index (χ0v) is 19.0. The third kappa shape index (κ3) is 3.59. The molecule has 0 aliphatic heterocycles. The maximum absolute atomic E-state index is 14.9.